The lowest BCUT2D eigenvalue weighted by molar-refractivity contribution is 0.185. The van der Waals surface area contributed by atoms with Gasteiger partial charge >= 0.3 is 0 Å². The summed E-state index contributed by atoms with van der Waals surface area (Å²) in [5.41, 5.74) is 0. The van der Waals surface area contributed by atoms with Gasteiger partial charge in [0.05, 0.1) is 6.10 Å². The molecule has 0 saturated carbocycles. The minimum atomic E-state index is -0.178. The van der Waals surface area contributed by atoms with E-state index in [0.29, 0.717) is 0 Å². The molecule has 0 fully saturated rings. The van der Waals surface area contributed by atoms with E-state index in [2.05, 4.69) is 28.9 Å². The summed E-state index contributed by atoms with van der Waals surface area (Å²) in [6.07, 6.45) is 8.48. The Morgan fingerprint density at radius 1 is 1.11 bits per heavy atom. The standard InChI is InChI=1S/C16H25BrOS/c1-2-3-4-5-6-7-10-14(18)13-19-16-12-9-8-11-15(16)17/h8-9,11-12,14,18H,2-7,10,13H2,1H3. The summed E-state index contributed by atoms with van der Waals surface area (Å²) in [5, 5.41) is 9.97. The van der Waals surface area contributed by atoms with Gasteiger partial charge in [-0.25, -0.2) is 0 Å². The first-order valence-corrected chi connectivity index (χ1v) is 9.07. The zero-order valence-corrected chi connectivity index (χ0v) is 14.2. The van der Waals surface area contributed by atoms with Crippen LogP contribution in [0.1, 0.15) is 51.9 Å². The Balaban J connectivity index is 2.08. The number of aliphatic hydroxyl groups is 1. The predicted molar refractivity (Wildman–Crippen MR) is 88.9 cm³/mol. The van der Waals surface area contributed by atoms with Crippen molar-refractivity contribution in [3.63, 3.8) is 0 Å². The molecular formula is C16H25BrOS. The Hall–Kier alpha value is 0.01000. The van der Waals surface area contributed by atoms with Crippen molar-refractivity contribution in [1.29, 1.82) is 0 Å². The minimum Gasteiger partial charge on any atom is -0.392 e. The maximum atomic E-state index is 9.97. The molecule has 0 amide bonds. The maximum absolute atomic E-state index is 9.97. The van der Waals surface area contributed by atoms with E-state index >= 15 is 0 Å². The van der Waals surface area contributed by atoms with Crippen LogP contribution in [0.3, 0.4) is 0 Å². The van der Waals surface area contributed by atoms with Crippen molar-refractivity contribution < 1.29 is 5.11 Å². The van der Waals surface area contributed by atoms with Gasteiger partial charge in [-0.05, 0) is 34.5 Å². The Morgan fingerprint density at radius 3 is 2.53 bits per heavy atom. The molecule has 1 nitrogen and oxygen atoms in total. The van der Waals surface area contributed by atoms with Crippen LogP contribution in [-0.4, -0.2) is 17.0 Å². The molecule has 1 N–H and O–H groups in total. The number of unbranched alkanes of at least 4 members (excludes halogenated alkanes) is 5. The van der Waals surface area contributed by atoms with Gasteiger partial charge in [0, 0.05) is 15.1 Å². The number of hydrogen-bond donors (Lipinski definition) is 1. The second-order valence-electron chi connectivity index (χ2n) is 4.95. The average Bonchev–Trinajstić information content (AvgIpc) is 2.42. The van der Waals surface area contributed by atoms with E-state index < -0.39 is 0 Å². The molecule has 0 saturated heterocycles. The second kappa shape index (κ2) is 10.8. The van der Waals surface area contributed by atoms with Gasteiger partial charge in [0.15, 0.2) is 0 Å². The molecule has 0 heterocycles. The monoisotopic (exact) mass is 344 g/mol. The van der Waals surface area contributed by atoms with E-state index in [9.17, 15) is 5.11 Å². The number of halogens is 1. The van der Waals surface area contributed by atoms with E-state index in [0.717, 1.165) is 23.1 Å². The fourth-order valence-electron chi connectivity index (χ4n) is 1.99. The first-order chi connectivity index (χ1) is 9.24. The first-order valence-electron chi connectivity index (χ1n) is 7.29. The zero-order valence-electron chi connectivity index (χ0n) is 11.8. The van der Waals surface area contributed by atoms with Gasteiger partial charge in [-0.3, -0.25) is 0 Å². The van der Waals surface area contributed by atoms with Crippen molar-refractivity contribution in [3.05, 3.63) is 28.7 Å². The number of benzene rings is 1. The van der Waals surface area contributed by atoms with Crippen molar-refractivity contribution in [2.24, 2.45) is 0 Å². The molecule has 1 atom stereocenters. The Morgan fingerprint density at radius 2 is 1.79 bits per heavy atom. The lowest BCUT2D eigenvalue weighted by Crippen LogP contribution is -2.09. The van der Waals surface area contributed by atoms with Gasteiger partial charge in [0.2, 0.25) is 0 Å². The summed E-state index contributed by atoms with van der Waals surface area (Å²) in [6.45, 7) is 2.24. The third kappa shape index (κ3) is 8.01. The quantitative estimate of drug-likeness (QED) is 0.437. The molecule has 0 aliphatic carbocycles. The minimum absolute atomic E-state index is 0.178. The Kier molecular flexibility index (Phi) is 9.66. The van der Waals surface area contributed by atoms with E-state index in [1.807, 2.05) is 18.2 Å². The topological polar surface area (TPSA) is 20.2 Å². The molecule has 1 rings (SSSR count). The van der Waals surface area contributed by atoms with Crippen LogP contribution < -0.4 is 0 Å². The number of aliphatic hydroxyl groups excluding tert-OH is 1. The molecule has 1 unspecified atom stereocenters. The molecule has 0 aliphatic rings. The summed E-state index contributed by atoms with van der Waals surface area (Å²) in [7, 11) is 0. The van der Waals surface area contributed by atoms with Crippen molar-refractivity contribution in [2.75, 3.05) is 5.75 Å². The molecule has 0 radical (unpaired) electrons. The molecule has 1 aromatic carbocycles. The summed E-state index contributed by atoms with van der Waals surface area (Å²) >= 11 is 5.26. The van der Waals surface area contributed by atoms with Gasteiger partial charge in [-0.15, -0.1) is 11.8 Å². The normalized spacial score (nSPS) is 12.6. The van der Waals surface area contributed by atoms with Crippen LogP contribution in [0.4, 0.5) is 0 Å². The molecule has 0 aromatic heterocycles. The SMILES string of the molecule is CCCCCCCCC(O)CSc1ccccc1Br. The number of hydrogen-bond acceptors (Lipinski definition) is 2. The molecule has 19 heavy (non-hydrogen) atoms. The van der Waals surface area contributed by atoms with Crippen LogP contribution in [0.15, 0.2) is 33.6 Å². The fraction of sp³-hybridized carbons (Fsp3) is 0.625. The average molecular weight is 345 g/mol. The van der Waals surface area contributed by atoms with E-state index in [1.54, 1.807) is 11.8 Å². The predicted octanol–water partition coefficient (Wildman–Crippen LogP) is 5.65. The van der Waals surface area contributed by atoms with Gasteiger partial charge in [-0.1, -0.05) is 57.6 Å². The molecule has 0 spiro atoms. The molecule has 3 heteroatoms. The van der Waals surface area contributed by atoms with Gasteiger partial charge in [0.25, 0.3) is 0 Å². The highest BCUT2D eigenvalue weighted by molar-refractivity contribution is 9.10. The van der Waals surface area contributed by atoms with Gasteiger partial charge in [-0.2, -0.15) is 0 Å². The highest BCUT2D eigenvalue weighted by Crippen LogP contribution is 2.28. The summed E-state index contributed by atoms with van der Waals surface area (Å²) in [5.74, 6) is 0.789. The molecule has 0 aliphatic heterocycles. The van der Waals surface area contributed by atoms with E-state index in [1.165, 1.54) is 37.0 Å². The molecule has 108 valence electrons. The summed E-state index contributed by atoms with van der Waals surface area (Å²) < 4.78 is 1.12. The largest absolute Gasteiger partial charge is 0.392 e. The van der Waals surface area contributed by atoms with Crippen LogP contribution in [0, 0.1) is 0 Å². The third-order valence-electron chi connectivity index (χ3n) is 3.16. The maximum Gasteiger partial charge on any atom is 0.0634 e. The van der Waals surface area contributed by atoms with Crippen molar-refractivity contribution in [3.8, 4) is 0 Å². The molecular weight excluding hydrogens is 320 g/mol. The van der Waals surface area contributed by atoms with E-state index in [4.69, 9.17) is 0 Å². The Bertz CT molecular complexity index is 343. The van der Waals surface area contributed by atoms with Crippen LogP contribution >= 0.6 is 27.7 Å². The lowest BCUT2D eigenvalue weighted by atomic mass is 10.1. The van der Waals surface area contributed by atoms with Crippen LogP contribution in [0.5, 0.6) is 0 Å². The van der Waals surface area contributed by atoms with Crippen molar-refractivity contribution >= 4 is 27.7 Å². The summed E-state index contributed by atoms with van der Waals surface area (Å²) in [4.78, 5) is 1.21. The first kappa shape index (κ1) is 17.1. The highest BCUT2D eigenvalue weighted by atomic mass is 79.9. The van der Waals surface area contributed by atoms with Crippen LogP contribution in [0.2, 0.25) is 0 Å². The lowest BCUT2D eigenvalue weighted by Gasteiger charge is -2.10. The molecule has 0 bridgehead atoms. The smallest absolute Gasteiger partial charge is 0.0634 e. The number of rotatable bonds is 10. The van der Waals surface area contributed by atoms with Gasteiger partial charge in [0.1, 0.15) is 0 Å². The van der Waals surface area contributed by atoms with E-state index in [-0.39, 0.29) is 6.10 Å². The van der Waals surface area contributed by atoms with Crippen LogP contribution in [-0.2, 0) is 0 Å². The fourth-order valence-corrected chi connectivity index (χ4v) is 3.54. The Labute approximate surface area is 130 Å². The molecule has 1 aromatic rings. The highest BCUT2D eigenvalue weighted by Gasteiger charge is 2.06. The third-order valence-corrected chi connectivity index (χ3v) is 5.33. The second-order valence-corrected chi connectivity index (χ2v) is 6.87. The van der Waals surface area contributed by atoms with Gasteiger partial charge < -0.3 is 5.11 Å². The van der Waals surface area contributed by atoms with Crippen molar-refractivity contribution in [1.82, 2.24) is 0 Å². The summed E-state index contributed by atoms with van der Waals surface area (Å²) in [6, 6.07) is 8.18. The van der Waals surface area contributed by atoms with Crippen molar-refractivity contribution in [2.45, 2.75) is 62.9 Å². The zero-order chi connectivity index (χ0) is 13.9. The number of thioether (sulfide) groups is 1. The van der Waals surface area contributed by atoms with Crippen LogP contribution in [0.25, 0.3) is 0 Å².